The summed E-state index contributed by atoms with van der Waals surface area (Å²) in [5.74, 6) is -1.45. The summed E-state index contributed by atoms with van der Waals surface area (Å²) in [7, 11) is 0. The summed E-state index contributed by atoms with van der Waals surface area (Å²) in [5.41, 5.74) is 2.67. The number of carbonyl (C=O) groups is 3. The summed E-state index contributed by atoms with van der Waals surface area (Å²) in [6.45, 7) is 1.48. The van der Waals surface area contributed by atoms with Gasteiger partial charge in [0, 0.05) is 19.2 Å². The Bertz CT molecular complexity index is 890. The summed E-state index contributed by atoms with van der Waals surface area (Å²) in [6, 6.07) is 16.7. The van der Waals surface area contributed by atoms with Crippen LogP contribution in [0.25, 0.3) is 6.08 Å². The van der Waals surface area contributed by atoms with E-state index in [0.29, 0.717) is 6.54 Å². The Labute approximate surface area is 157 Å². The van der Waals surface area contributed by atoms with E-state index in [4.69, 9.17) is 4.74 Å². The fourth-order valence-electron chi connectivity index (χ4n) is 2.93. The zero-order valence-electron chi connectivity index (χ0n) is 15.0. The van der Waals surface area contributed by atoms with Crippen molar-refractivity contribution in [2.45, 2.75) is 13.3 Å². The number of hydrogen-bond donors (Lipinski definition) is 1. The van der Waals surface area contributed by atoms with Crippen LogP contribution in [0.1, 0.15) is 18.1 Å². The van der Waals surface area contributed by atoms with Crippen molar-refractivity contribution in [1.29, 1.82) is 0 Å². The second kappa shape index (κ2) is 8.31. The number of para-hydroxylation sites is 1. The van der Waals surface area contributed by atoms with Crippen molar-refractivity contribution < 1.29 is 19.1 Å². The van der Waals surface area contributed by atoms with Gasteiger partial charge in [0.05, 0.1) is 0 Å². The Hall–Kier alpha value is -3.41. The lowest BCUT2D eigenvalue weighted by molar-refractivity contribution is -0.144. The lowest BCUT2D eigenvalue weighted by Gasteiger charge is -2.17. The standard InChI is InChI=1S/C21H20N2O4/c1-15(24)22-18(13-16-7-3-2-4-8-16)21(26)27-14-20(25)23-12-11-17-9-5-6-10-19(17)23/h2-10,13H,11-12,14H2,1H3,(H,22,24)/b18-13-. The fraction of sp³-hybridized carbons (Fsp3) is 0.190. The lowest BCUT2D eigenvalue weighted by atomic mass is 10.2. The molecule has 2 amide bonds. The van der Waals surface area contributed by atoms with Crippen molar-refractivity contribution in [3.63, 3.8) is 0 Å². The molecular weight excluding hydrogens is 344 g/mol. The predicted molar refractivity (Wildman–Crippen MR) is 102 cm³/mol. The molecule has 0 saturated carbocycles. The van der Waals surface area contributed by atoms with E-state index in [-0.39, 0.29) is 18.2 Å². The molecule has 1 aliphatic heterocycles. The highest BCUT2D eigenvalue weighted by Gasteiger charge is 2.25. The van der Waals surface area contributed by atoms with Gasteiger partial charge < -0.3 is 15.0 Å². The first-order valence-electron chi connectivity index (χ1n) is 8.64. The van der Waals surface area contributed by atoms with E-state index in [1.807, 2.05) is 42.5 Å². The van der Waals surface area contributed by atoms with Crippen LogP contribution < -0.4 is 10.2 Å². The smallest absolute Gasteiger partial charge is 0.355 e. The molecule has 0 aliphatic carbocycles. The SMILES string of the molecule is CC(=O)N/C(=C\c1ccccc1)C(=O)OCC(=O)N1CCc2ccccc21. The molecule has 0 spiro atoms. The van der Waals surface area contributed by atoms with E-state index in [9.17, 15) is 14.4 Å². The Morgan fingerprint density at radius 3 is 2.52 bits per heavy atom. The largest absolute Gasteiger partial charge is 0.451 e. The topological polar surface area (TPSA) is 75.7 Å². The molecule has 6 nitrogen and oxygen atoms in total. The van der Waals surface area contributed by atoms with Crippen LogP contribution in [0.5, 0.6) is 0 Å². The van der Waals surface area contributed by atoms with Crippen LogP contribution in [-0.2, 0) is 25.5 Å². The number of hydrogen-bond acceptors (Lipinski definition) is 4. The summed E-state index contributed by atoms with van der Waals surface area (Å²) < 4.78 is 5.15. The Morgan fingerprint density at radius 2 is 1.78 bits per heavy atom. The minimum absolute atomic E-state index is 0.0108. The number of fused-ring (bicyclic) bond motifs is 1. The molecular formula is C21H20N2O4. The average molecular weight is 364 g/mol. The van der Waals surface area contributed by atoms with Gasteiger partial charge in [0.1, 0.15) is 5.70 Å². The van der Waals surface area contributed by atoms with Gasteiger partial charge in [0.2, 0.25) is 5.91 Å². The first-order chi connectivity index (χ1) is 13.0. The molecule has 138 valence electrons. The van der Waals surface area contributed by atoms with Gasteiger partial charge in [0.25, 0.3) is 5.91 Å². The van der Waals surface area contributed by atoms with Gasteiger partial charge in [0.15, 0.2) is 6.61 Å². The van der Waals surface area contributed by atoms with Gasteiger partial charge in [-0.15, -0.1) is 0 Å². The molecule has 0 fully saturated rings. The van der Waals surface area contributed by atoms with Gasteiger partial charge in [-0.25, -0.2) is 4.79 Å². The number of esters is 1. The highest BCUT2D eigenvalue weighted by molar-refractivity contribution is 6.01. The summed E-state index contributed by atoms with van der Waals surface area (Å²) >= 11 is 0. The van der Waals surface area contributed by atoms with Crippen LogP contribution in [0.2, 0.25) is 0 Å². The predicted octanol–water partition coefficient (Wildman–Crippen LogP) is 2.30. The van der Waals surface area contributed by atoms with Crippen LogP contribution in [0, 0.1) is 0 Å². The Morgan fingerprint density at radius 1 is 1.07 bits per heavy atom. The highest BCUT2D eigenvalue weighted by atomic mass is 16.5. The molecule has 6 heteroatoms. The number of nitrogens with one attached hydrogen (secondary N) is 1. The molecule has 2 aromatic carbocycles. The van der Waals surface area contributed by atoms with Crippen LogP contribution >= 0.6 is 0 Å². The minimum atomic E-state index is -0.755. The maximum absolute atomic E-state index is 12.5. The van der Waals surface area contributed by atoms with Crippen molar-refractivity contribution in [3.05, 3.63) is 71.4 Å². The van der Waals surface area contributed by atoms with E-state index in [1.165, 1.54) is 13.0 Å². The third kappa shape index (κ3) is 4.61. The van der Waals surface area contributed by atoms with Gasteiger partial charge in [-0.1, -0.05) is 48.5 Å². The van der Waals surface area contributed by atoms with E-state index >= 15 is 0 Å². The summed E-state index contributed by atoms with van der Waals surface area (Å²) in [5, 5.41) is 2.46. The van der Waals surface area contributed by atoms with Crippen molar-refractivity contribution in [3.8, 4) is 0 Å². The van der Waals surface area contributed by atoms with Gasteiger partial charge >= 0.3 is 5.97 Å². The molecule has 0 saturated heterocycles. The number of ether oxygens (including phenoxy) is 1. The second-order valence-electron chi connectivity index (χ2n) is 6.15. The van der Waals surface area contributed by atoms with E-state index in [1.54, 1.807) is 17.0 Å². The van der Waals surface area contributed by atoms with E-state index < -0.39 is 11.9 Å². The number of anilines is 1. The van der Waals surface area contributed by atoms with Crippen molar-refractivity contribution >= 4 is 29.5 Å². The average Bonchev–Trinajstić information content (AvgIpc) is 3.10. The number of amides is 2. The van der Waals surface area contributed by atoms with Crippen LogP contribution in [-0.4, -0.2) is 30.9 Å². The van der Waals surface area contributed by atoms with Gasteiger partial charge in [-0.3, -0.25) is 9.59 Å². The molecule has 2 aromatic rings. The van der Waals surface area contributed by atoms with E-state index in [2.05, 4.69) is 5.32 Å². The molecule has 0 aromatic heterocycles. The third-order valence-corrected chi connectivity index (χ3v) is 4.16. The molecule has 1 N–H and O–H groups in total. The number of rotatable bonds is 5. The van der Waals surface area contributed by atoms with Crippen molar-refractivity contribution in [1.82, 2.24) is 5.32 Å². The summed E-state index contributed by atoms with van der Waals surface area (Å²) in [6.07, 6.45) is 2.29. The molecule has 1 heterocycles. The molecule has 0 radical (unpaired) electrons. The maximum Gasteiger partial charge on any atom is 0.355 e. The summed E-state index contributed by atoms with van der Waals surface area (Å²) in [4.78, 5) is 37.8. The van der Waals surface area contributed by atoms with Crippen molar-refractivity contribution in [2.24, 2.45) is 0 Å². The molecule has 0 unspecified atom stereocenters. The second-order valence-corrected chi connectivity index (χ2v) is 6.15. The van der Waals surface area contributed by atoms with Crippen LogP contribution in [0.3, 0.4) is 0 Å². The highest BCUT2D eigenvalue weighted by Crippen LogP contribution is 2.27. The molecule has 1 aliphatic rings. The minimum Gasteiger partial charge on any atom is -0.451 e. The number of benzene rings is 2. The monoisotopic (exact) mass is 364 g/mol. The number of carbonyl (C=O) groups excluding carboxylic acids is 3. The first kappa shape index (κ1) is 18.4. The quantitative estimate of drug-likeness (QED) is 0.652. The zero-order chi connectivity index (χ0) is 19.2. The lowest BCUT2D eigenvalue weighted by Crippen LogP contribution is -2.34. The first-order valence-corrected chi connectivity index (χ1v) is 8.64. The Balaban J connectivity index is 1.67. The van der Waals surface area contributed by atoms with Crippen LogP contribution in [0.15, 0.2) is 60.3 Å². The van der Waals surface area contributed by atoms with Crippen molar-refractivity contribution in [2.75, 3.05) is 18.1 Å². The molecule has 3 rings (SSSR count). The van der Waals surface area contributed by atoms with Crippen LogP contribution in [0.4, 0.5) is 5.69 Å². The molecule has 27 heavy (non-hydrogen) atoms. The molecule has 0 atom stereocenters. The maximum atomic E-state index is 12.5. The van der Waals surface area contributed by atoms with Gasteiger partial charge in [-0.05, 0) is 29.7 Å². The van der Waals surface area contributed by atoms with E-state index in [0.717, 1.165) is 23.2 Å². The zero-order valence-corrected chi connectivity index (χ0v) is 15.0. The number of nitrogens with zero attached hydrogens (tertiary/aromatic N) is 1. The molecule has 0 bridgehead atoms. The fourth-order valence-corrected chi connectivity index (χ4v) is 2.93. The normalized spacial score (nSPS) is 13.1. The van der Waals surface area contributed by atoms with Gasteiger partial charge in [-0.2, -0.15) is 0 Å². The third-order valence-electron chi connectivity index (χ3n) is 4.16. The Kier molecular flexibility index (Phi) is 5.66.